The lowest BCUT2D eigenvalue weighted by Gasteiger charge is -2.00. The summed E-state index contributed by atoms with van der Waals surface area (Å²) in [5, 5.41) is 16.3. The molecule has 7 heteroatoms. The van der Waals surface area contributed by atoms with Gasteiger partial charge in [-0.1, -0.05) is 12.1 Å². The second-order valence-corrected chi connectivity index (χ2v) is 5.78. The summed E-state index contributed by atoms with van der Waals surface area (Å²) in [7, 11) is 0. The average Bonchev–Trinajstić information content (AvgIpc) is 2.84. The van der Waals surface area contributed by atoms with Gasteiger partial charge in [-0.25, -0.2) is 9.78 Å². The van der Waals surface area contributed by atoms with Crippen LogP contribution in [0.1, 0.15) is 11.4 Å². The smallest absolute Gasteiger partial charge is 0.342 e. The van der Waals surface area contributed by atoms with Crippen molar-refractivity contribution in [1.82, 2.24) is 15.2 Å². The minimum absolute atomic E-state index is 0.181. The molecule has 20 heavy (non-hydrogen) atoms. The molecule has 1 heterocycles. The molecule has 0 aliphatic carbocycles. The van der Waals surface area contributed by atoms with Gasteiger partial charge in [0, 0.05) is 4.90 Å². The van der Waals surface area contributed by atoms with Crippen LogP contribution in [0.25, 0.3) is 6.08 Å². The maximum absolute atomic E-state index is 11.3. The highest BCUT2D eigenvalue weighted by atomic mass is 32.2. The van der Waals surface area contributed by atoms with E-state index < -0.39 is 5.97 Å². The Morgan fingerprint density at radius 3 is 2.55 bits per heavy atom. The van der Waals surface area contributed by atoms with Crippen LogP contribution in [0.3, 0.4) is 0 Å². The molecule has 0 saturated heterocycles. The number of carbonyl (C=O) groups is 1. The number of aromatic amines is 1. The fourth-order valence-electron chi connectivity index (χ4n) is 1.45. The minimum Gasteiger partial charge on any atom is -0.477 e. The van der Waals surface area contributed by atoms with E-state index in [1.165, 1.54) is 0 Å². The van der Waals surface area contributed by atoms with Gasteiger partial charge in [0.05, 0.1) is 0 Å². The van der Waals surface area contributed by atoms with E-state index in [0.717, 1.165) is 22.2 Å². The number of benzene rings is 1. The summed E-state index contributed by atoms with van der Waals surface area (Å²) in [5.41, 5.74) is 0.833. The molecule has 104 valence electrons. The van der Waals surface area contributed by atoms with Crippen LogP contribution in [0, 0.1) is 6.92 Å². The Bertz CT molecular complexity index is 635. The molecule has 1 aromatic heterocycles. The van der Waals surface area contributed by atoms with Gasteiger partial charge in [-0.3, -0.25) is 5.10 Å². The van der Waals surface area contributed by atoms with E-state index in [4.69, 9.17) is 0 Å². The molecule has 0 saturated carbocycles. The molecular weight excluding hydrogens is 294 g/mol. The summed E-state index contributed by atoms with van der Waals surface area (Å²) in [6.45, 7) is 1.77. The monoisotopic (exact) mass is 307 g/mol. The predicted octanol–water partition coefficient (Wildman–Crippen LogP) is 3.05. The number of nitrogens with zero attached hydrogens (tertiary/aromatic N) is 2. The van der Waals surface area contributed by atoms with E-state index in [2.05, 4.69) is 15.2 Å². The quantitative estimate of drug-likeness (QED) is 0.653. The van der Waals surface area contributed by atoms with Crippen molar-refractivity contribution in [2.45, 2.75) is 17.0 Å². The number of aliphatic carboxylic acids is 1. The Morgan fingerprint density at radius 2 is 2.05 bits per heavy atom. The second kappa shape index (κ2) is 6.62. The highest BCUT2D eigenvalue weighted by Crippen LogP contribution is 2.26. The van der Waals surface area contributed by atoms with Gasteiger partial charge in [0.1, 0.15) is 10.7 Å². The summed E-state index contributed by atoms with van der Waals surface area (Å²) in [5.74, 6) is -0.340. The largest absolute Gasteiger partial charge is 0.477 e. The van der Waals surface area contributed by atoms with Crippen molar-refractivity contribution < 1.29 is 9.90 Å². The third kappa shape index (κ3) is 3.88. The Hall–Kier alpha value is -1.73. The van der Waals surface area contributed by atoms with Crippen LogP contribution >= 0.6 is 23.5 Å². The van der Waals surface area contributed by atoms with Crippen LogP contribution in [-0.4, -0.2) is 32.5 Å². The number of aryl methyl sites for hydroxylation is 1. The van der Waals surface area contributed by atoms with Crippen molar-refractivity contribution in [2.24, 2.45) is 0 Å². The maximum Gasteiger partial charge on any atom is 0.342 e. The molecule has 0 atom stereocenters. The molecule has 0 bridgehead atoms. The molecule has 0 unspecified atom stereocenters. The first-order chi connectivity index (χ1) is 9.58. The molecule has 0 spiro atoms. The number of hydrogen-bond donors (Lipinski definition) is 2. The third-order valence-electron chi connectivity index (χ3n) is 2.40. The molecule has 1 aromatic carbocycles. The zero-order valence-corrected chi connectivity index (χ0v) is 12.6. The SMILES string of the molecule is CSc1ccc(/C=C(\Sc2n[nH]c(C)n2)C(=O)O)cc1. The van der Waals surface area contributed by atoms with E-state index in [0.29, 0.717) is 11.0 Å². The second-order valence-electron chi connectivity index (χ2n) is 3.89. The van der Waals surface area contributed by atoms with Gasteiger partial charge in [0.15, 0.2) is 0 Å². The van der Waals surface area contributed by atoms with Gasteiger partial charge >= 0.3 is 5.97 Å². The van der Waals surface area contributed by atoms with E-state index in [1.807, 2.05) is 30.5 Å². The number of hydrogen-bond acceptors (Lipinski definition) is 5. The minimum atomic E-state index is -0.994. The number of rotatable bonds is 5. The van der Waals surface area contributed by atoms with Crippen LogP contribution in [0.2, 0.25) is 0 Å². The van der Waals surface area contributed by atoms with Crippen molar-refractivity contribution in [3.05, 3.63) is 40.6 Å². The summed E-state index contributed by atoms with van der Waals surface area (Å²) in [6, 6.07) is 7.69. The lowest BCUT2D eigenvalue weighted by Crippen LogP contribution is -1.97. The van der Waals surface area contributed by atoms with Gasteiger partial charge in [-0.15, -0.1) is 16.9 Å². The van der Waals surface area contributed by atoms with Gasteiger partial charge in [-0.2, -0.15) is 0 Å². The maximum atomic E-state index is 11.3. The number of H-pyrrole nitrogens is 1. The third-order valence-corrected chi connectivity index (χ3v) is 4.02. The van der Waals surface area contributed by atoms with Crippen molar-refractivity contribution >= 4 is 35.6 Å². The fourth-order valence-corrected chi connectivity index (χ4v) is 2.61. The number of aromatic nitrogens is 3. The molecule has 2 rings (SSSR count). The molecule has 0 fully saturated rings. The average molecular weight is 307 g/mol. The van der Waals surface area contributed by atoms with E-state index in [-0.39, 0.29) is 4.91 Å². The Balaban J connectivity index is 2.22. The zero-order chi connectivity index (χ0) is 14.5. The van der Waals surface area contributed by atoms with E-state index >= 15 is 0 Å². The number of thioether (sulfide) groups is 2. The summed E-state index contributed by atoms with van der Waals surface area (Å²) < 4.78 is 0. The molecule has 2 aromatic rings. The van der Waals surface area contributed by atoms with Gasteiger partial charge in [0.2, 0.25) is 5.16 Å². The van der Waals surface area contributed by atoms with E-state index in [9.17, 15) is 9.90 Å². The van der Waals surface area contributed by atoms with Crippen molar-refractivity contribution in [2.75, 3.05) is 6.26 Å². The first kappa shape index (κ1) is 14.7. The highest BCUT2D eigenvalue weighted by molar-refractivity contribution is 8.04. The summed E-state index contributed by atoms with van der Waals surface area (Å²) in [6.07, 6.45) is 3.61. The lowest BCUT2D eigenvalue weighted by molar-refractivity contribution is -0.131. The van der Waals surface area contributed by atoms with Crippen LogP contribution < -0.4 is 0 Å². The normalized spacial score (nSPS) is 11.6. The molecule has 2 N–H and O–H groups in total. The van der Waals surface area contributed by atoms with Crippen LogP contribution in [0.5, 0.6) is 0 Å². The predicted molar refractivity (Wildman–Crippen MR) is 80.8 cm³/mol. The van der Waals surface area contributed by atoms with Crippen molar-refractivity contribution in [3.63, 3.8) is 0 Å². The first-order valence-corrected chi connectivity index (χ1v) is 7.78. The number of nitrogens with one attached hydrogen (secondary N) is 1. The summed E-state index contributed by atoms with van der Waals surface area (Å²) in [4.78, 5) is 16.7. The first-order valence-electron chi connectivity index (χ1n) is 5.74. The Morgan fingerprint density at radius 1 is 1.35 bits per heavy atom. The van der Waals surface area contributed by atoms with Crippen LogP contribution in [0.4, 0.5) is 0 Å². The van der Waals surface area contributed by atoms with Gasteiger partial charge in [-0.05, 0) is 48.7 Å². The van der Waals surface area contributed by atoms with E-state index in [1.54, 1.807) is 24.8 Å². The molecule has 0 amide bonds. The molecule has 0 radical (unpaired) electrons. The topological polar surface area (TPSA) is 78.9 Å². The van der Waals surface area contributed by atoms with Gasteiger partial charge in [0.25, 0.3) is 0 Å². The Kier molecular flexibility index (Phi) is 4.86. The Labute approximate surface area is 124 Å². The van der Waals surface area contributed by atoms with Crippen molar-refractivity contribution in [3.8, 4) is 0 Å². The standard InChI is InChI=1S/C13H13N3O2S2/c1-8-14-13(16-15-8)20-11(12(17)18)7-9-3-5-10(19-2)6-4-9/h3-7H,1-2H3,(H,17,18)(H,14,15,16)/b11-7-. The number of carboxylic acids is 1. The highest BCUT2D eigenvalue weighted by Gasteiger charge is 2.12. The van der Waals surface area contributed by atoms with Gasteiger partial charge < -0.3 is 5.11 Å². The zero-order valence-electron chi connectivity index (χ0n) is 11.0. The number of carboxylic acid groups (broad SMARTS) is 1. The molecule has 0 aliphatic rings. The summed E-state index contributed by atoms with van der Waals surface area (Å²) >= 11 is 2.67. The van der Waals surface area contributed by atoms with Crippen molar-refractivity contribution in [1.29, 1.82) is 0 Å². The lowest BCUT2D eigenvalue weighted by atomic mass is 10.2. The molecular formula is C13H13N3O2S2. The van der Waals surface area contributed by atoms with Crippen LogP contribution in [0.15, 0.2) is 39.2 Å². The fraction of sp³-hybridized carbons (Fsp3) is 0.154. The molecule has 5 nitrogen and oxygen atoms in total. The molecule has 0 aliphatic heterocycles. The van der Waals surface area contributed by atoms with Crippen LogP contribution in [-0.2, 0) is 4.79 Å².